The summed E-state index contributed by atoms with van der Waals surface area (Å²) in [5.74, 6) is 1.80. The number of carbonyl (C=O) groups excluding carboxylic acids is 1. The van der Waals surface area contributed by atoms with Crippen molar-refractivity contribution in [1.29, 1.82) is 0 Å². The van der Waals surface area contributed by atoms with Crippen molar-refractivity contribution >= 4 is 52.2 Å². The van der Waals surface area contributed by atoms with Crippen molar-refractivity contribution in [2.45, 2.75) is 0 Å². The Labute approximate surface area is 183 Å². The van der Waals surface area contributed by atoms with Gasteiger partial charge in [-0.3, -0.25) is 4.79 Å². The van der Waals surface area contributed by atoms with Crippen LogP contribution in [0.4, 0.5) is 27.3 Å². The van der Waals surface area contributed by atoms with Gasteiger partial charge in [0.15, 0.2) is 0 Å². The van der Waals surface area contributed by atoms with Crippen LogP contribution < -0.4 is 15.5 Å². The number of aromatic nitrogens is 1. The fraction of sp³-hybridized carbons (Fsp3) is 0.182. The fourth-order valence-electron chi connectivity index (χ4n) is 3.23. The number of hydrogen-bond donors (Lipinski definition) is 2. The molecule has 1 aromatic heterocycles. The summed E-state index contributed by atoms with van der Waals surface area (Å²) in [4.78, 5) is 19.4. The van der Waals surface area contributed by atoms with Crippen molar-refractivity contribution in [3.63, 3.8) is 0 Å². The first-order valence-electron chi connectivity index (χ1n) is 9.51. The predicted octanol–water partition coefficient (Wildman–Crippen LogP) is 5.42. The first-order chi connectivity index (χ1) is 14.6. The zero-order valence-electron chi connectivity index (χ0n) is 16.1. The largest absolute Gasteiger partial charge is 0.369 e. The number of carbonyl (C=O) groups is 1. The Hall–Kier alpha value is -2.77. The maximum Gasteiger partial charge on any atom is 0.259 e. The molecule has 154 valence electrons. The van der Waals surface area contributed by atoms with E-state index in [4.69, 9.17) is 11.6 Å². The van der Waals surface area contributed by atoms with Crippen molar-refractivity contribution in [1.82, 2.24) is 4.98 Å². The molecule has 1 aliphatic heterocycles. The molecule has 3 aromatic rings. The summed E-state index contributed by atoms with van der Waals surface area (Å²) >= 11 is 8.42. The van der Waals surface area contributed by atoms with Crippen LogP contribution in [0.25, 0.3) is 0 Å². The number of pyridine rings is 1. The van der Waals surface area contributed by atoms with Crippen molar-refractivity contribution in [2.75, 3.05) is 40.1 Å². The average molecular weight is 443 g/mol. The number of halogens is 2. The second-order valence-corrected chi connectivity index (χ2v) is 8.39. The lowest BCUT2D eigenvalue weighted by molar-refractivity contribution is 0.102. The zero-order chi connectivity index (χ0) is 20.9. The summed E-state index contributed by atoms with van der Waals surface area (Å²) < 4.78 is 13.5. The second kappa shape index (κ2) is 9.36. The number of hydrogen-bond acceptors (Lipinski definition) is 5. The van der Waals surface area contributed by atoms with E-state index in [1.54, 1.807) is 36.5 Å². The van der Waals surface area contributed by atoms with Gasteiger partial charge >= 0.3 is 0 Å². The Morgan fingerprint density at radius 2 is 1.90 bits per heavy atom. The maximum atomic E-state index is 13.5. The third-order valence-corrected chi connectivity index (χ3v) is 5.94. The van der Waals surface area contributed by atoms with Gasteiger partial charge in [0.1, 0.15) is 11.6 Å². The molecular weight excluding hydrogens is 423 g/mol. The van der Waals surface area contributed by atoms with Crippen molar-refractivity contribution < 1.29 is 9.18 Å². The summed E-state index contributed by atoms with van der Waals surface area (Å²) in [5, 5.41) is 6.46. The molecule has 30 heavy (non-hydrogen) atoms. The Balaban J connectivity index is 1.51. The molecule has 2 aromatic carbocycles. The second-order valence-electron chi connectivity index (χ2n) is 6.75. The molecule has 0 spiro atoms. The molecule has 1 amide bonds. The Bertz CT molecular complexity index is 1060. The number of rotatable bonds is 5. The minimum atomic E-state index is -0.371. The lowest BCUT2D eigenvalue weighted by atomic mass is 10.2. The maximum absolute atomic E-state index is 13.5. The van der Waals surface area contributed by atoms with Crippen LogP contribution in [0.1, 0.15) is 10.4 Å². The molecule has 4 rings (SSSR count). The number of benzene rings is 2. The van der Waals surface area contributed by atoms with E-state index >= 15 is 0 Å². The summed E-state index contributed by atoms with van der Waals surface area (Å²) in [5.41, 5.74) is 2.43. The molecule has 2 N–H and O–H groups in total. The van der Waals surface area contributed by atoms with Gasteiger partial charge < -0.3 is 15.5 Å². The number of nitrogens with zero attached hydrogens (tertiary/aromatic N) is 2. The number of anilines is 4. The topological polar surface area (TPSA) is 57.3 Å². The lowest BCUT2D eigenvalue weighted by Crippen LogP contribution is -2.32. The zero-order valence-corrected chi connectivity index (χ0v) is 17.6. The van der Waals surface area contributed by atoms with Gasteiger partial charge in [0.2, 0.25) is 0 Å². The van der Waals surface area contributed by atoms with Crippen molar-refractivity contribution in [2.24, 2.45) is 0 Å². The summed E-state index contributed by atoms with van der Waals surface area (Å²) in [6, 6.07) is 14.9. The van der Waals surface area contributed by atoms with Gasteiger partial charge in [0, 0.05) is 42.2 Å². The van der Waals surface area contributed by atoms with E-state index in [0.29, 0.717) is 27.8 Å². The molecule has 0 saturated carbocycles. The van der Waals surface area contributed by atoms with Gasteiger partial charge in [-0.15, -0.1) is 0 Å². The molecule has 1 aliphatic rings. The minimum Gasteiger partial charge on any atom is -0.369 e. The summed E-state index contributed by atoms with van der Waals surface area (Å²) in [6.45, 7) is 1.92. The summed E-state index contributed by atoms with van der Waals surface area (Å²) in [7, 11) is 0. The Kier molecular flexibility index (Phi) is 6.40. The van der Waals surface area contributed by atoms with E-state index < -0.39 is 0 Å². The number of thioether (sulfide) groups is 1. The van der Waals surface area contributed by atoms with Crippen LogP contribution in [0, 0.1) is 5.82 Å². The molecule has 0 atom stereocenters. The minimum absolute atomic E-state index is 0.333. The normalized spacial score (nSPS) is 13.7. The van der Waals surface area contributed by atoms with E-state index in [1.807, 2.05) is 23.9 Å². The standard InChI is InChI=1S/C22H20ClFN4OS/c23-19-14-17(6-7-20(19)28-9-11-30-12-10-28)27-22(29)18-5-2-8-25-21(18)26-16-4-1-3-15(24)13-16/h1-8,13-14H,9-12H2,(H,25,26)(H,27,29). The van der Waals surface area contributed by atoms with Crippen LogP contribution in [0.3, 0.4) is 0 Å². The number of nitrogens with one attached hydrogen (secondary N) is 2. The first kappa shape index (κ1) is 20.5. The molecule has 1 fully saturated rings. The molecule has 0 bridgehead atoms. The van der Waals surface area contributed by atoms with E-state index in [1.165, 1.54) is 12.1 Å². The Morgan fingerprint density at radius 3 is 2.67 bits per heavy atom. The van der Waals surface area contributed by atoms with Crippen LogP contribution in [-0.4, -0.2) is 35.5 Å². The van der Waals surface area contributed by atoms with Gasteiger partial charge in [-0.2, -0.15) is 11.8 Å². The highest BCUT2D eigenvalue weighted by molar-refractivity contribution is 7.99. The van der Waals surface area contributed by atoms with Crippen molar-refractivity contribution in [3.8, 4) is 0 Å². The number of amides is 1. The third-order valence-electron chi connectivity index (χ3n) is 4.70. The molecular formula is C22H20ClFN4OS. The van der Waals surface area contributed by atoms with E-state index in [2.05, 4.69) is 20.5 Å². The molecule has 0 aliphatic carbocycles. The molecule has 0 unspecified atom stereocenters. The quantitative estimate of drug-likeness (QED) is 0.552. The van der Waals surface area contributed by atoms with E-state index in [9.17, 15) is 9.18 Å². The van der Waals surface area contributed by atoms with Gasteiger partial charge in [-0.25, -0.2) is 9.37 Å². The smallest absolute Gasteiger partial charge is 0.259 e. The monoisotopic (exact) mass is 442 g/mol. The first-order valence-corrected chi connectivity index (χ1v) is 11.0. The van der Waals surface area contributed by atoms with Gasteiger partial charge in [-0.05, 0) is 48.5 Å². The Morgan fingerprint density at radius 1 is 1.07 bits per heavy atom. The molecule has 0 radical (unpaired) electrons. The lowest BCUT2D eigenvalue weighted by Gasteiger charge is -2.29. The van der Waals surface area contributed by atoms with Crippen LogP contribution in [-0.2, 0) is 0 Å². The third kappa shape index (κ3) is 4.86. The highest BCUT2D eigenvalue weighted by atomic mass is 35.5. The van der Waals surface area contributed by atoms with Crippen LogP contribution >= 0.6 is 23.4 Å². The highest BCUT2D eigenvalue weighted by Gasteiger charge is 2.16. The van der Waals surface area contributed by atoms with Crippen LogP contribution in [0.5, 0.6) is 0 Å². The SMILES string of the molecule is O=C(Nc1ccc(N2CCSCC2)c(Cl)c1)c1cccnc1Nc1cccc(F)c1. The molecule has 1 saturated heterocycles. The van der Waals surface area contributed by atoms with Crippen molar-refractivity contribution in [3.05, 3.63) is 77.2 Å². The fourth-order valence-corrected chi connectivity index (χ4v) is 4.44. The van der Waals surface area contributed by atoms with Crippen LogP contribution in [0.2, 0.25) is 5.02 Å². The van der Waals surface area contributed by atoms with Gasteiger partial charge in [0.25, 0.3) is 5.91 Å². The van der Waals surface area contributed by atoms with E-state index in [-0.39, 0.29) is 11.7 Å². The van der Waals surface area contributed by atoms with Crippen LogP contribution in [0.15, 0.2) is 60.8 Å². The molecule has 5 nitrogen and oxygen atoms in total. The summed E-state index contributed by atoms with van der Waals surface area (Å²) in [6.07, 6.45) is 1.57. The predicted molar refractivity (Wildman–Crippen MR) is 123 cm³/mol. The molecule has 8 heteroatoms. The highest BCUT2D eigenvalue weighted by Crippen LogP contribution is 2.31. The average Bonchev–Trinajstić information content (AvgIpc) is 2.75. The molecule has 2 heterocycles. The van der Waals surface area contributed by atoms with Gasteiger partial charge in [-0.1, -0.05) is 17.7 Å². The van der Waals surface area contributed by atoms with Gasteiger partial charge in [0.05, 0.1) is 16.3 Å². The van der Waals surface area contributed by atoms with E-state index in [0.717, 1.165) is 30.3 Å².